The zero-order valence-corrected chi connectivity index (χ0v) is 9.87. The van der Waals surface area contributed by atoms with Gasteiger partial charge in [0, 0.05) is 18.6 Å². The monoisotopic (exact) mass is 212 g/mol. The van der Waals surface area contributed by atoms with Gasteiger partial charge in [0.05, 0.1) is 13.2 Å². The maximum atomic E-state index is 5.47. The van der Waals surface area contributed by atoms with Crippen LogP contribution in [0.25, 0.3) is 0 Å². The van der Waals surface area contributed by atoms with Crippen LogP contribution >= 0.6 is 0 Å². The second-order valence-electron chi connectivity index (χ2n) is 4.75. The van der Waals surface area contributed by atoms with Crippen molar-refractivity contribution in [2.24, 2.45) is 0 Å². The molecule has 0 saturated carbocycles. The second-order valence-corrected chi connectivity index (χ2v) is 4.75. The van der Waals surface area contributed by atoms with Crippen LogP contribution in [-0.4, -0.2) is 49.8 Å². The Labute approximate surface area is 93.2 Å². The molecule has 2 aliphatic rings. The van der Waals surface area contributed by atoms with E-state index in [-0.39, 0.29) is 0 Å². The predicted molar refractivity (Wildman–Crippen MR) is 62.1 cm³/mol. The minimum Gasteiger partial charge on any atom is -0.379 e. The van der Waals surface area contributed by atoms with E-state index in [1.807, 2.05) is 0 Å². The Balaban J connectivity index is 1.67. The van der Waals surface area contributed by atoms with Crippen molar-refractivity contribution in [2.45, 2.75) is 44.7 Å². The van der Waals surface area contributed by atoms with Crippen molar-refractivity contribution in [2.75, 3.05) is 32.8 Å². The minimum absolute atomic E-state index is 0.594. The molecular formula is C12H24N2O. The first kappa shape index (κ1) is 11.4. The summed E-state index contributed by atoms with van der Waals surface area (Å²) in [5, 5.41) is 3.52. The van der Waals surface area contributed by atoms with Crippen LogP contribution < -0.4 is 5.32 Å². The highest BCUT2D eigenvalue weighted by Gasteiger charge is 2.23. The van der Waals surface area contributed by atoms with Crippen LogP contribution in [0.3, 0.4) is 0 Å². The molecule has 2 unspecified atom stereocenters. The first-order chi connectivity index (χ1) is 7.40. The van der Waals surface area contributed by atoms with Crippen LogP contribution in [0.15, 0.2) is 0 Å². The van der Waals surface area contributed by atoms with Gasteiger partial charge in [0.1, 0.15) is 0 Å². The summed E-state index contributed by atoms with van der Waals surface area (Å²) in [6.45, 7) is 7.70. The highest BCUT2D eigenvalue weighted by Crippen LogP contribution is 2.20. The molecule has 0 bridgehead atoms. The van der Waals surface area contributed by atoms with Crippen molar-refractivity contribution in [3.05, 3.63) is 0 Å². The third-order valence-corrected chi connectivity index (χ3v) is 3.73. The van der Waals surface area contributed by atoms with E-state index < -0.39 is 0 Å². The highest BCUT2D eigenvalue weighted by atomic mass is 16.5. The van der Waals surface area contributed by atoms with E-state index in [0.29, 0.717) is 6.04 Å². The van der Waals surface area contributed by atoms with E-state index in [9.17, 15) is 0 Å². The van der Waals surface area contributed by atoms with Gasteiger partial charge in [0.15, 0.2) is 0 Å². The Kier molecular flexibility index (Phi) is 4.42. The molecule has 0 radical (unpaired) electrons. The van der Waals surface area contributed by atoms with Crippen molar-refractivity contribution in [1.82, 2.24) is 10.2 Å². The highest BCUT2D eigenvalue weighted by molar-refractivity contribution is 4.80. The minimum atomic E-state index is 0.594. The average Bonchev–Trinajstić information content (AvgIpc) is 2.75. The molecule has 2 saturated heterocycles. The van der Waals surface area contributed by atoms with Gasteiger partial charge in [-0.3, -0.25) is 0 Å². The molecule has 0 aromatic carbocycles. The molecule has 0 aromatic rings. The van der Waals surface area contributed by atoms with Gasteiger partial charge in [-0.1, -0.05) is 6.92 Å². The van der Waals surface area contributed by atoms with Gasteiger partial charge in [-0.2, -0.15) is 0 Å². The molecule has 2 atom stereocenters. The van der Waals surface area contributed by atoms with Crippen LogP contribution in [-0.2, 0) is 4.74 Å². The quantitative estimate of drug-likeness (QED) is 0.759. The van der Waals surface area contributed by atoms with E-state index in [2.05, 4.69) is 17.1 Å². The molecule has 1 N–H and O–H groups in total. The lowest BCUT2D eigenvalue weighted by Gasteiger charge is -2.28. The van der Waals surface area contributed by atoms with Gasteiger partial charge in [-0.15, -0.1) is 0 Å². The molecule has 3 nitrogen and oxygen atoms in total. The molecule has 15 heavy (non-hydrogen) atoms. The van der Waals surface area contributed by atoms with Gasteiger partial charge in [0.25, 0.3) is 0 Å². The summed E-state index contributed by atoms with van der Waals surface area (Å²) >= 11 is 0. The number of hydrogen-bond donors (Lipinski definition) is 1. The van der Waals surface area contributed by atoms with Crippen molar-refractivity contribution in [1.29, 1.82) is 0 Å². The lowest BCUT2D eigenvalue weighted by Crippen LogP contribution is -2.43. The maximum absolute atomic E-state index is 5.47. The smallest absolute Gasteiger partial charge is 0.0620 e. The molecule has 2 heterocycles. The van der Waals surface area contributed by atoms with Crippen LogP contribution in [0.2, 0.25) is 0 Å². The number of ether oxygens (including phenoxy) is 1. The normalized spacial score (nSPS) is 33.4. The maximum Gasteiger partial charge on any atom is 0.0620 e. The van der Waals surface area contributed by atoms with E-state index >= 15 is 0 Å². The molecule has 2 rings (SSSR count). The van der Waals surface area contributed by atoms with Gasteiger partial charge >= 0.3 is 0 Å². The number of morpholine rings is 1. The molecule has 88 valence electrons. The molecule has 0 aromatic heterocycles. The van der Waals surface area contributed by atoms with Gasteiger partial charge < -0.3 is 15.0 Å². The topological polar surface area (TPSA) is 24.5 Å². The summed E-state index contributed by atoms with van der Waals surface area (Å²) < 4.78 is 5.47. The van der Waals surface area contributed by atoms with Crippen LogP contribution in [0.5, 0.6) is 0 Å². The van der Waals surface area contributed by atoms with Crippen LogP contribution in [0.1, 0.15) is 32.6 Å². The number of nitrogens with one attached hydrogen (secondary N) is 1. The average molecular weight is 212 g/mol. The summed E-state index contributed by atoms with van der Waals surface area (Å²) in [6.07, 6.45) is 5.36. The van der Waals surface area contributed by atoms with E-state index in [1.54, 1.807) is 0 Å². The molecule has 0 aliphatic carbocycles. The Morgan fingerprint density at radius 2 is 2.40 bits per heavy atom. The number of hydrogen-bond acceptors (Lipinski definition) is 3. The second kappa shape index (κ2) is 5.83. The standard InChI is InChI=1S/C12H24N2O/c1-2-12-4-3-7-14(12)8-5-11-10-15-9-6-13-11/h11-13H,2-10H2,1H3. The summed E-state index contributed by atoms with van der Waals surface area (Å²) in [4.78, 5) is 2.66. The lowest BCUT2D eigenvalue weighted by molar-refractivity contribution is 0.0692. The number of nitrogens with zero attached hydrogens (tertiary/aromatic N) is 1. The van der Waals surface area contributed by atoms with Crippen LogP contribution in [0, 0.1) is 0 Å². The summed E-state index contributed by atoms with van der Waals surface area (Å²) in [5.41, 5.74) is 0. The fourth-order valence-electron chi connectivity index (χ4n) is 2.78. The molecule has 2 fully saturated rings. The third-order valence-electron chi connectivity index (χ3n) is 3.73. The fourth-order valence-corrected chi connectivity index (χ4v) is 2.78. The lowest BCUT2D eigenvalue weighted by atomic mass is 10.1. The summed E-state index contributed by atoms with van der Waals surface area (Å²) in [5.74, 6) is 0. The SMILES string of the molecule is CCC1CCCN1CCC1COCCN1. The summed E-state index contributed by atoms with van der Waals surface area (Å²) in [6, 6.07) is 1.45. The van der Waals surface area contributed by atoms with Crippen molar-refractivity contribution in [3.8, 4) is 0 Å². The molecule has 0 amide bonds. The summed E-state index contributed by atoms with van der Waals surface area (Å²) in [7, 11) is 0. The Morgan fingerprint density at radius 1 is 1.47 bits per heavy atom. The molecule has 0 spiro atoms. The Hall–Kier alpha value is -0.120. The number of likely N-dealkylation sites (tertiary alicyclic amines) is 1. The van der Waals surface area contributed by atoms with Gasteiger partial charge in [-0.25, -0.2) is 0 Å². The van der Waals surface area contributed by atoms with Gasteiger partial charge in [0.2, 0.25) is 0 Å². The van der Waals surface area contributed by atoms with Crippen molar-refractivity contribution < 1.29 is 4.74 Å². The van der Waals surface area contributed by atoms with E-state index in [1.165, 1.54) is 38.8 Å². The largest absolute Gasteiger partial charge is 0.379 e. The van der Waals surface area contributed by atoms with Crippen LogP contribution in [0.4, 0.5) is 0 Å². The Bertz CT molecular complexity index is 180. The zero-order valence-electron chi connectivity index (χ0n) is 9.87. The van der Waals surface area contributed by atoms with Crippen molar-refractivity contribution in [3.63, 3.8) is 0 Å². The van der Waals surface area contributed by atoms with Crippen molar-refractivity contribution >= 4 is 0 Å². The van der Waals surface area contributed by atoms with E-state index in [4.69, 9.17) is 4.74 Å². The fraction of sp³-hybridized carbons (Fsp3) is 1.00. The zero-order chi connectivity index (χ0) is 10.5. The van der Waals surface area contributed by atoms with E-state index in [0.717, 1.165) is 25.8 Å². The first-order valence-corrected chi connectivity index (χ1v) is 6.45. The predicted octanol–water partition coefficient (Wildman–Crippen LogP) is 1.24. The first-order valence-electron chi connectivity index (χ1n) is 6.45. The number of rotatable bonds is 4. The molecular weight excluding hydrogens is 188 g/mol. The molecule has 2 aliphatic heterocycles. The molecule has 3 heteroatoms. The van der Waals surface area contributed by atoms with Gasteiger partial charge in [-0.05, 0) is 38.8 Å². The Morgan fingerprint density at radius 3 is 3.13 bits per heavy atom. The third kappa shape index (κ3) is 3.16.